The maximum atomic E-state index is 14.4. The highest BCUT2D eigenvalue weighted by Gasteiger charge is 2.35. The zero-order valence-electron chi connectivity index (χ0n) is 13.4. The summed E-state index contributed by atoms with van der Waals surface area (Å²) < 4.78 is 54.6. The molecule has 26 heavy (non-hydrogen) atoms. The number of carbonyl (C=O) groups excluding carboxylic acids is 1. The second kappa shape index (κ2) is 5.89. The summed E-state index contributed by atoms with van der Waals surface area (Å²) in [6.45, 7) is 0.0738. The number of aromatic nitrogens is 3. The number of carbonyl (C=O) groups is 1. The molecule has 0 atom stereocenters. The molecule has 1 fully saturated rings. The molecule has 8 heteroatoms. The van der Waals surface area contributed by atoms with Crippen molar-refractivity contribution >= 4 is 16.8 Å². The van der Waals surface area contributed by atoms with E-state index in [1.807, 2.05) is 0 Å². The van der Waals surface area contributed by atoms with Crippen LogP contribution in [0.15, 0.2) is 36.7 Å². The Morgan fingerprint density at radius 1 is 1.23 bits per heavy atom. The smallest absolute Gasteiger partial charge is 0.297 e. The molecule has 0 N–H and O–H groups in total. The first kappa shape index (κ1) is 16.7. The number of alkyl halides is 3. The summed E-state index contributed by atoms with van der Waals surface area (Å²) in [5, 5.41) is 4.12. The van der Waals surface area contributed by atoms with Crippen molar-refractivity contribution in [1.82, 2.24) is 14.8 Å². The van der Waals surface area contributed by atoms with Gasteiger partial charge in [-0.1, -0.05) is 12.1 Å². The van der Waals surface area contributed by atoms with Crippen LogP contribution in [-0.2, 0) is 17.5 Å². The number of fused-ring (bicyclic) bond motifs is 1. The number of Topliss-reactive ketones (excluding diaryl/α,β-unsaturated/α-hetero) is 1. The molecule has 0 spiro atoms. The average molecular weight is 363 g/mol. The zero-order valence-corrected chi connectivity index (χ0v) is 13.4. The molecule has 1 aromatic carbocycles. The van der Waals surface area contributed by atoms with E-state index < -0.39 is 17.6 Å². The number of halogens is 4. The predicted octanol–water partition coefficient (Wildman–Crippen LogP) is 4.24. The number of nitrogens with zero attached hydrogens (tertiary/aromatic N) is 3. The molecule has 0 radical (unpaired) electrons. The van der Waals surface area contributed by atoms with E-state index in [4.69, 9.17) is 0 Å². The van der Waals surface area contributed by atoms with Crippen molar-refractivity contribution in [3.8, 4) is 11.1 Å². The summed E-state index contributed by atoms with van der Waals surface area (Å²) >= 11 is 0. The van der Waals surface area contributed by atoms with Gasteiger partial charge in [-0.15, -0.1) is 0 Å². The lowest BCUT2D eigenvalue weighted by atomic mass is 10.0. The first-order valence-corrected chi connectivity index (χ1v) is 8.05. The van der Waals surface area contributed by atoms with Crippen LogP contribution in [0.4, 0.5) is 17.6 Å². The molecule has 4 nitrogen and oxygen atoms in total. The Balaban J connectivity index is 1.77. The molecule has 4 rings (SSSR count). The Morgan fingerprint density at radius 2 is 2.00 bits per heavy atom. The van der Waals surface area contributed by atoms with Gasteiger partial charge in [0.05, 0.1) is 17.3 Å². The summed E-state index contributed by atoms with van der Waals surface area (Å²) in [7, 11) is 0. The van der Waals surface area contributed by atoms with Gasteiger partial charge in [0.2, 0.25) is 0 Å². The predicted molar refractivity (Wildman–Crippen MR) is 85.7 cm³/mol. The molecular formula is C18H13F4N3O. The molecular weight excluding hydrogens is 350 g/mol. The van der Waals surface area contributed by atoms with Gasteiger partial charge < -0.3 is 0 Å². The van der Waals surface area contributed by atoms with Gasteiger partial charge in [0.1, 0.15) is 17.9 Å². The summed E-state index contributed by atoms with van der Waals surface area (Å²) in [6, 6.07) is 4.63. The summed E-state index contributed by atoms with van der Waals surface area (Å²) in [6.07, 6.45) is -0.262. The fourth-order valence-electron chi connectivity index (χ4n) is 2.89. The van der Waals surface area contributed by atoms with E-state index >= 15 is 0 Å². The largest absolute Gasteiger partial charge is 0.419 e. The first-order chi connectivity index (χ1) is 12.3. The Labute approximate surface area is 145 Å². The average Bonchev–Trinajstić information content (AvgIpc) is 3.37. The Hall–Kier alpha value is -2.77. The van der Waals surface area contributed by atoms with E-state index in [-0.39, 0.29) is 29.4 Å². The van der Waals surface area contributed by atoms with Gasteiger partial charge >= 0.3 is 6.18 Å². The highest BCUT2D eigenvalue weighted by atomic mass is 19.4. The van der Waals surface area contributed by atoms with Crippen molar-refractivity contribution in [3.63, 3.8) is 0 Å². The highest BCUT2D eigenvalue weighted by molar-refractivity contribution is 5.86. The first-order valence-electron chi connectivity index (χ1n) is 8.05. The Kier molecular flexibility index (Phi) is 3.78. The molecule has 134 valence electrons. The van der Waals surface area contributed by atoms with Crippen molar-refractivity contribution < 1.29 is 22.4 Å². The Morgan fingerprint density at radius 3 is 2.69 bits per heavy atom. The SMILES string of the molecule is O=C(Cn1ncc2ncc(-c3cccc(C(F)(F)F)c3F)cc21)C1CC1. The van der Waals surface area contributed by atoms with Gasteiger partial charge in [0.25, 0.3) is 0 Å². The van der Waals surface area contributed by atoms with Crippen LogP contribution in [0, 0.1) is 11.7 Å². The molecule has 0 amide bonds. The number of rotatable bonds is 4. The molecule has 0 unspecified atom stereocenters. The number of pyridine rings is 1. The normalized spacial score (nSPS) is 14.8. The van der Waals surface area contributed by atoms with Gasteiger partial charge in [-0.25, -0.2) is 4.39 Å². The number of hydrogen-bond acceptors (Lipinski definition) is 3. The Bertz CT molecular complexity index is 1010. The maximum Gasteiger partial charge on any atom is 0.419 e. The minimum atomic E-state index is -4.78. The monoisotopic (exact) mass is 363 g/mol. The van der Waals surface area contributed by atoms with Crippen LogP contribution < -0.4 is 0 Å². The summed E-state index contributed by atoms with van der Waals surface area (Å²) in [5.41, 5.74) is -0.359. The molecule has 0 bridgehead atoms. The molecule has 0 aliphatic heterocycles. The van der Waals surface area contributed by atoms with E-state index in [1.165, 1.54) is 29.2 Å². The number of benzene rings is 1. The van der Waals surface area contributed by atoms with Crippen LogP contribution in [0.25, 0.3) is 22.2 Å². The molecule has 3 aromatic rings. The fourth-order valence-corrected chi connectivity index (χ4v) is 2.89. The lowest BCUT2D eigenvalue weighted by molar-refractivity contribution is -0.139. The highest BCUT2D eigenvalue weighted by Crippen LogP contribution is 2.36. The summed E-state index contributed by atoms with van der Waals surface area (Å²) in [4.78, 5) is 16.2. The minimum Gasteiger partial charge on any atom is -0.297 e. The van der Waals surface area contributed by atoms with Crippen molar-refractivity contribution in [2.24, 2.45) is 5.92 Å². The third kappa shape index (κ3) is 2.95. The molecule has 2 aromatic heterocycles. The van der Waals surface area contributed by atoms with E-state index in [0.29, 0.717) is 17.1 Å². The van der Waals surface area contributed by atoms with Crippen LogP contribution in [0.2, 0.25) is 0 Å². The topological polar surface area (TPSA) is 47.8 Å². The number of hydrogen-bond donors (Lipinski definition) is 0. The van der Waals surface area contributed by atoms with Crippen molar-refractivity contribution in [2.75, 3.05) is 0 Å². The second-order valence-corrected chi connectivity index (χ2v) is 6.34. The minimum absolute atomic E-state index is 0.0608. The third-order valence-electron chi connectivity index (χ3n) is 4.45. The standard InChI is InChI=1S/C18H13F4N3O/c19-17-12(2-1-3-13(17)18(20,21)22)11-6-15-14(23-7-11)8-24-25(15)9-16(26)10-4-5-10/h1-3,6-8,10H,4-5,9H2. The van der Waals surface area contributed by atoms with Crippen LogP contribution >= 0.6 is 0 Å². The second-order valence-electron chi connectivity index (χ2n) is 6.34. The molecule has 1 aliphatic carbocycles. The zero-order chi connectivity index (χ0) is 18.5. The van der Waals surface area contributed by atoms with Crippen LogP contribution in [0.1, 0.15) is 18.4 Å². The lowest BCUT2D eigenvalue weighted by Gasteiger charge is -2.11. The summed E-state index contributed by atoms with van der Waals surface area (Å²) in [5.74, 6) is -1.22. The molecule has 1 saturated carbocycles. The van der Waals surface area contributed by atoms with Crippen molar-refractivity contribution in [2.45, 2.75) is 25.6 Å². The van der Waals surface area contributed by atoms with Crippen molar-refractivity contribution in [1.29, 1.82) is 0 Å². The van der Waals surface area contributed by atoms with Gasteiger partial charge in [0.15, 0.2) is 5.78 Å². The van der Waals surface area contributed by atoms with Gasteiger partial charge in [-0.2, -0.15) is 18.3 Å². The van der Waals surface area contributed by atoms with E-state index in [2.05, 4.69) is 10.1 Å². The van der Waals surface area contributed by atoms with E-state index in [0.717, 1.165) is 18.9 Å². The molecule has 2 heterocycles. The van der Waals surface area contributed by atoms with Crippen molar-refractivity contribution in [3.05, 3.63) is 48.0 Å². The van der Waals surface area contributed by atoms with Crippen LogP contribution in [-0.4, -0.2) is 20.5 Å². The molecule has 0 saturated heterocycles. The molecule has 1 aliphatic rings. The van der Waals surface area contributed by atoms with Crippen LogP contribution in [0.5, 0.6) is 0 Å². The third-order valence-corrected chi connectivity index (χ3v) is 4.45. The van der Waals surface area contributed by atoms with Gasteiger partial charge in [-0.05, 0) is 25.0 Å². The lowest BCUT2D eigenvalue weighted by Crippen LogP contribution is -2.12. The van der Waals surface area contributed by atoms with Gasteiger partial charge in [-0.3, -0.25) is 14.5 Å². The number of ketones is 1. The van der Waals surface area contributed by atoms with E-state index in [1.54, 1.807) is 0 Å². The maximum absolute atomic E-state index is 14.4. The fraction of sp³-hybridized carbons (Fsp3) is 0.278. The van der Waals surface area contributed by atoms with Gasteiger partial charge in [0, 0.05) is 23.2 Å². The van der Waals surface area contributed by atoms with Crippen LogP contribution in [0.3, 0.4) is 0 Å². The van der Waals surface area contributed by atoms with E-state index in [9.17, 15) is 22.4 Å². The quantitative estimate of drug-likeness (QED) is 0.652.